The molecule has 13 heavy (non-hydrogen) atoms. The molecule has 0 saturated carbocycles. The summed E-state index contributed by atoms with van der Waals surface area (Å²) in [5.41, 5.74) is 2.02. The van der Waals surface area contributed by atoms with Crippen molar-refractivity contribution in [3.8, 4) is 5.75 Å². The van der Waals surface area contributed by atoms with Crippen LogP contribution in [0.1, 0.15) is 19.0 Å². The van der Waals surface area contributed by atoms with Crippen LogP contribution in [-0.4, -0.2) is 18.6 Å². The topological polar surface area (TPSA) is 34.2 Å². The summed E-state index contributed by atoms with van der Waals surface area (Å²) in [6.45, 7) is 5.06. The van der Waals surface area contributed by atoms with Gasteiger partial charge in [0.05, 0.1) is 19.0 Å². The zero-order valence-electron chi connectivity index (χ0n) is 8.42. The molecule has 0 aliphatic heterocycles. The molecule has 0 radical (unpaired) electrons. The molecule has 0 aromatic carbocycles. The summed E-state index contributed by atoms with van der Waals surface area (Å²) < 4.78 is 5.17. The summed E-state index contributed by atoms with van der Waals surface area (Å²) in [5.74, 6) is 0.805. The summed E-state index contributed by atoms with van der Waals surface area (Å²) >= 11 is 0. The van der Waals surface area contributed by atoms with E-state index in [0.29, 0.717) is 0 Å². The van der Waals surface area contributed by atoms with Crippen LogP contribution in [0.15, 0.2) is 12.3 Å². The molecule has 1 aromatic rings. The third-order valence-electron chi connectivity index (χ3n) is 1.79. The quantitative estimate of drug-likeness (QED) is 0.771. The Bertz CT molecular complexity index is 274. The van der Waals surface area contributed by atoms with Crippen LogP contribution in [-0.2, 0) is 0 Å². The lowest BCUT2D eigenvalue weighted by atomic mass is 10.3. The number of rotatable bonds is 4. The third-order valence-corrected chi connectivity index (χ3v) is 1.79. The zero-order chi connectivity index (χ0) is 9.68. The predicted molar refractivity (Wildman–Crippen MR) is 54.3 cm³/mol. The first-order valence-electron chi connectivity index (χ1n) is 4.52. The maximum absolute atomic E-state index is 5.17. The minimum atomic E-state index is 0.805. The average molecular weight is 180 g/mol. The average Bonchev–Trinajstić information content (AvgIpc) is 2.15. The Kier molecular flexibility index (Phi) is 3.55. The second kappa shape index (κ2) is 4.70. The number of methoxy groups -OCH3 is 1. The Morgan fingerprint density at radius 3 is 2.92 bits per heavy atom. The first-order valence-corrected chi connectivity index (χ1v) is 4.52. The number of nitrogens with one attached hydrogen (secondary N) is 1. The van der Waals surface area contributed by atoms with Crippen molar-refractivity contribution in [3.05, 3.63) is 18.0 Å². The van der Waals surface area contributed by atoms with Gasteiger partial charge in [-0.1, -0.05) is 6.92 Å². The number of nitrogens with zero attached hydrogens (tertiary/aromatic N) is 1. The fraction of sp³-hybridized carbons (Fsp3) is 0.500. The smallest absolute Gasteiger partial charge is 0.160 e. The monoisotopic (exact) mass is 180 g/mol. The molecular formula is C10H16N2O. The van der Waals surface area contributed by atoms with Gasteiger partial charge in [0, 0.05) is 12.2 Å². The first-order chi connectivity index (χ1) is 6.27. The van der Waals surface area contributed by atoms with Gasteiger partial charge in [0.25, 0.3) is 0 Å². The fourth-order valence-corrected chi connectivity index (χ4v) is 1.11. The van der Waals surface area contributed by atoms with Crippen molar-refractivity contribution in [2.45, 2.75) is 20.3 Å². The maximum atomic E-state index is 5.17. The van der Waals surface area contributed by atoms with Gasteiger partial charge < -0.3 is 10.1 Å². The summed E-state index contributed by atoms with van der Waals surface area (Å²) in [6, 6.07) is 1.99. The number of aryl methyl sites for hydroxylation is 1. The lowest BCUT2D eigenvalue weighted by Crippen LogP contribution is -2.02. The van der Waals surface area contributed by atoms with Gasteiger partial charge in [0.15, 0.2) is 5.75 Å². The highest BCUT2D eigenvalue weighted by Gasteiger charge is 2.01. The lowest BCUT2D eigenvalue weighted by Gasteiger charge is -2.10. The van der Waals surface area contributed by atoms with Gasteiger partial charge in [-0.15, -0.1) is 0 Å². The van der Waals surface area contributed by atoms with Crippen LogP contribution in [0.25, 0.3) is 0 Å². The second-order valence-corrected chi connectivity index (χ2v) is 2.95. The first kappa shape index (κ1) is 9.84. The van der Waals surface area contributed by atoms with E-state index < -0.39 is 0 Å². The Hall–Kier alpha value is -1.25. The second-order valence-electron chi connectivity index (χ2n) is 2.95. The summed E-state index contributed by atoms with van der Waals surface area (Å²) in [7, 11) is 1.66. The number of hydrogen-bond acceptors (Lipinski definition) is 3. The molecule has 0 bridgehead atoms. The molecule has 72 valence electrons. The van der Waals surface area contributed by atoms with E-state index in [1.165, 1.54) is 0 Å². The Balaban J connectivity index is 2.81. The Labute approximate surface area is 79.1 Å². The highest BCUT2D eigenvalue weighted by Crippen LogP contribution is 2.23. The molecule has 1 aromatic heterocycles. The van der Waals surface area contributed by atoms with E-state index in [4.69, 9.17) is 4.74 Å². The SMILES string of the molecule is CCCNc1cc(C)ncc1OC. The molecule has 3 heteroatoms. The van der Waals surface area contributed by atoms with Gasteiger partial charge in [-0.3, -0.25) is 4.98 Å². The van der Waals surface area contributed by atoms with Crippen LogP contribution >= 0.6 is 0 Å². The highest BCUT2D eigenvalue weighted by atomic mass is 16.5. The highest BCUT2D eigenvalue weighted by molar-refractivity contribution is 5.55. The molecular weight excluding hydrogens is 164 g/mol. The van der Waals surface area contributed by atoms with E-state index in [-0.39, 0.29) is 0 Å². The van der Waals surface area contributed by atoms with E-state index in [1.54, 1.807) is 13.3 Å². The van der Waals surface area contributed by atoms with Crippen molar-refractivity contribution in [1.82, 2.24) is 4.98 Å². The lowest BCUT2D eigenvalue weighted by molar-refractivity contribution is 0.414. The summed E-state index contributed by atoms with van der Waals surface area (Å²) in [5, 5.41) is 3.29. The van der Waals surface area contributed by atoms with Crippen LogP contribution < -0.4 is 10.1 Å². The van der Waals surface area contributed by atoms with Gasteiger partial charge >= 0.3 is 0 Å². The van der Waals surface area contributed by atoms with Crippen molar-refractivity contribution in [2.24, 2.45) is 0 Å². The summed E-state index contributed by atoms with van der Waals surface area (Å²) in [6.07, 6.45) is 2.85. The molecule has 1 N–H and O–H groups in total. The molecule has 3 nitrogen and oxygen atoms in total. The normalized spacial score (nSPS) is 9.77. The van der Waals surface area contributed by atoms with E-state index in [1.807, 2.05) is 13.0 Å². The number of anilines is 1. The molecule has 1 rings (SSSR count). The van der Waals surface area contributed by atoms with Gasteiger partial charge in [-0.2, -0.15) is 0 Å². The largest absolute Gasteiger partial charge is 0.493 e. The van der Waals surface area contributed by atoms with E-state index >= 15 is 0 Å². The maximum Gasteiger partial charge on any atom is 0.160 e. The number of aromatic nitrogens is 1. The van der Waals surface area contributed by atoms with Crippen molar-refractivity contribution < 1.29 is 4.74 Å². The molecule has 0 saturated heterocycles. The molecule has 0 amide bonds. The van der Waals surface area contributed by atoms with Gasteiger partial charge in [-0.25, -0.2) is 0 Å². The molecule has 0 unspecified atom stereocenters. The molecule has 1 heterocycles. The number of hydrogen-bond donors (Lipinski definition) is 1. The minimum absolute atomic E-state index is 0.805. The van der Waals surface area contributed by atoms with Gasteiger partial charge in [0.1, 0.15) is 0 Å². The van der Waals surface area contributed by atoms with Crippen LogP contribution in [0, 0.1) is 6.92 Å². The van der Waals surface area contributed by atoms with Crippen LogP contribution in [0.4, 0.5) is 5.69 Å². The molecule has 0 aliphatic rings. The standard InChI is InChI=1S/C10H16N2O/c1-4-5-11-9-6-8(2)12-7-10(9)13-3/h6-7H,4-5H2,1-3H3,(H,11,12). The van der Waals surface area contributed by atoms with Crippen molar-refractivity contribution in [2.75, 3.05) is 19.0 Å². The predicted octanol–water partition coefficient (Wildman–Crippen LogP) is 2.22. The van der Waals surface area contributed by atoms with E-state index in [0.717, 1.165) is 30.1 Å². The van der Waals surface area contributed by atoms with Gasteiger partial charge in [0.2, 0.25) is 0 Å². The van der Waals surface area contributed by atoms with Crippen LogP contribution in [0.2, 0.25) is 0 Å². The molecule has 0 atom stereocenters. The zero-order valence-corrected chi connectivity index (χ0v) is 8.42. The van der Waals surface area contributed by atoms with Crippen molar-refractivity contribution >= 4 is 5.69 Å². The molecule has 0 fully saturated rings. The number of ether oxygens (including phenoxy) is 1. The Morgan fingerprint density at radius 1 is 1.54 bits per heavy atom. The third kappa shape index (κ3) is 2.61. The van der Waals surface area contributed by atoms with Crippen LogP contribution in [0.3, 0.4) is 0 Å². The van der Waals surface area contributed by atoms with Crippen molar-refractivity contribution in [3.63, 3.8) is 0 Å². The summed E-state index contributed by atoms with van der Waals surface area (Å²) in [4.78, 5) is 4.15. The van der Waals surface area contributed by atoms with E-state index in [9.17, 15) is 0 Å². The Morgan fingerprint density at radius 2 is 2.31 bits per heavy atom. The molecule has 0 spiro atoms. The van der Waals surface area contributed by atoms with Gasteiger partial charge in [-0.05, 0) is 19.4 Å². The number of pyridine rings is 1. The van der Waals surface area contributed by atoms with E-state index in [2.05, 4.69) is 17.2 Å². The minimum Gasteiger partial charge on any atom is -0.493 e. The fourth-order valence-electron chi connectivity index (χ4n) is 1.11. The van der Waals surface area contributed by atoms with Crippen LogP contribution in [0.5, 0.6) is 5.75 Å². The molecule has 0 aliphatic carbocycles. The van der Waals surface area contributed by atoms with Crippen molar-refractivity contribution in [1.29, 1.82) is 0 Å².